The van der Waals surface area contributed by atoms with Gasteiger partial charge in [0.05, 0.1) is 5.76 Å². The van der Waals surface area contributed by atoms with Gasteiger partial charge in [-0.1, -0.05) is 70.2 Å². The lowest BCUT2D eigenvalue weighted by Gasteiger charge is -2.38. The van der Waals surface area contributed by atoms with Gasteiger partial charge in [-0.15, -0.1) is 0 Å². The van der Waals surface area contributed by atoms with Crippen molar-refractivity contribution in [3.8, 4) is 0 Å². The van der Waals surface area contributed by atoms with Crippen LogP contribution in [0, 0.1) is 11.8 Å². The van der Waals surface area contributed by atoms with Gasteiger partial charge in [0, 0.05) is 11.8 Å². The molecule has 1 N–H and O–H groups in total. The highest BCUT2D eigenvalue weighted by Gasteiger charge is 2.37. The third-order valence-corrected chi connectivity index (χ3v) is 4.32. The van der Waals surface area contributed by atoms with E-state index in [9.17, 15) is 5.11 Å². The molecule has 102 valence electrons. The molecular weight excluding hydrogens is 232 g/mol. The molecule has 1 aliphatic rings. The van der Waals surface area contributed by atoms with Crippen LogP contribution in [0.4, 0.5) is 0 Å². The zero-order valence-electron chi connectivity index (χ0n) is 12.4. The lowest BCUT2D eigenvalue weighted by Crippen LogP contribution is -2.33. The van der Waals surface area contributed by atoms with Crippen LogP contribution in [-0.2, 0) is 5.41 Å². The van der Waals surface area contributed by atoms with Crippen molar-refractivity contribution in [3.63, 3.8) is 0 Å². The zero-order valence-corrected chi connectivity index (χ0v) is 12.4. The summed E-state index contributed by atoms with van der Waals surface area (Å²) in [7, 11) is 0. The van der Waals surface area contributed by atoms with Gasteiger partial charge >= 0.3 is 0 Å². The van der Waals surface area contributed by atoms with E-state index in [1.165, 1.54) is 5.56 Å². The van der Waals surface area contributed by atoms with E-state index in [0.29, 0.717) is 24.0 Å². The van der Waals surface area contributed by atoms with Crippen molar-refractivity contribution < 1.29 is 5.11 Å². The molecule has 0 saturated heterocycles. The molecule has 1 aliphatic carbocycles. The molecule has 0 radical (unpaired) electrons. The van der Waals surface area contributed by atoms with Crippen molar-refractivity contribution in [2.24, 2.45) is 11.8 Å². The largest absolute Gasteiger partial charge is 0.512 e. The van der Waals surface area contributed by atoms with Crippen LogP contribution in [0.3, 0.4) is 0 Å². The smallest absolute Gasteiger partial charge is 0.0969 e. The maximum atomic E-state index is 10.4. The Bertz CT molecular complexity index is 494. The van der Waals surface area contributed by atoms with E-state index in [4.69, 9.17) is 0 Å². The monoisotopic (exact) mass is 256 g/mol. The quantitative estimate of drug-likeness (QED) is 0.806. The second kappa shape index (κ2) is 5.24. The number of benzene rings is 1. The minimum atomic E-state index is -0.0796. The Morgan fingerprint density at radius 2 is 1.68 bits per heavy atom. The summed E-state index contributed by atoms with van der Waals surface area (Å²) >= 11 is 0. The average molecular weight is 256 g/mol. The summed E-state index contributed by atoms with van der Waals surface area (Å²) in [6.45, 7) is 8.71. The van der Waals surface area contributed by atoms with Crippen molar-refractivity contribution in [2.75, 3.05) is 0 Å². The minimum absolute atomic E-state index is 0.0796. The molecule has 0 aliphatic heterocycles. The molecule has 0 saturated carbocycles. The van der Waals surface area contributed by atoms with Gasteiger partial charge in [-0.2, -0.15) is 0 Å². The third-order valence-electron chi connectivity index (χ3n) is 4.32. The molecule has 0 fully saturated rings. The van der Waals surface area contributed by atoms with Gasteiger partial charge in [0.25, 0.3) is 0 Å². The summed E-state index contributed by atoms with van der Waals surface area (Å²) in [5.74, 6) is 1.37. The Morgan fingerprint density at radius 3 is 2.16 bits per heavy atom. The van der Waals surface area contributed by atoms with Crippen molar-refractivity contribution >= 4 is 0 Å². The molecule has 0 heterocycles. The molecule has 1 aromatic carbocycles. The first-order chi connectivity index (χ1) is 8.97. The molecule has 1 nitrogen and oxygen atoms in total. The zero-order chi connectivity index (χ0) is 14.0. The lowest BCUT2D eigenvalue weighted by atomic mass is 9.66. The van der Waals surface area contributed by atoms with Crippen molar-refractivity contribution in [1.29, 1.82) is 0 Å². The highest BCUT2D eigenvalue weighted by atomic mass is 16.3. The number of rotatable bonds is 3. The second-order valence-electron chi connectivity index (χ2n) is 6.13. The van der Waals surface area contributed by atoms with Crippen LogP contribution in [0.2, 0.25) is 0 Å². The van der Waals surface area contributed by atoms with Crippen LogP contribution in [0.15, 0.2) is 53.8 Å². The molecule has 19 heavy (non-hydrogen) atoms. The fraction of sp³-hybridized carbons (Fsp3) is 0.444. The number of aliphatic hydroxyl groups excluding tert-OH is 1. The van der Waals surface area contributed by atoms with E-state index in [-0.39, 0.29) is 5.41 Å². The van der Waals surface area contributed by atoms with Crippen LogP contribution >= 0.6 is 0 Å². The average Bonchev–Trinajstić information content (AvgIpc) is 2.38. The van der Waals surface area contributed by atoms with E-state index >= 15 is 0 Å². The topological polar surface area (TPSA) is 20.2 Å². The number of hydrogen-bond acceptors (Lipinski definition) is 1. The molecule has 2 rings (SSSR count). The number of hydrogen-bond donors (Lipinski definition) is 1. The van der Waals surface area contributed by atoms with Crippen LogP contribution in [0.5, 0.6) is 0 Å². The van der Waals surface area contributed by atoms with Crippen LogP contribution in [-0.4, -0.2) is 5.11 Å². The van der Waals surface area contributed by atoms with Gasteiger partial charge in [-0.25, -0.2) is 0 Å². The summed E-state index contributed by atoms with van der Waals surface area (Å²) in [4.78, 5) is 0. The van der Waals surface area contributed by atoms with Gasteiger partial charge in [-0.05, 0) is 23.0 Å². The van der Waals surface area contributed by atoms with Gasteiger partial charge in [0.1, 0.15) is 0 Å². The maximum Gasteiger partial charge on any atom is 0.0969 e. The van der Waals surface area contributed by atoms with Gasteiger partial charge in [0.2, 0.25) is 0 Å². The van der Waals surface area contributed by atoms with Crippen molar-refractivity contribution in [2.45, 2.75) is 39.5 Å². The van der Waals surface area contributed by atoms with Crippen molar-refractivity contribution in [1.82, 2.24) is 0 Å². The predicted octanol–water partition coefficient (Wildman–Crippen LogP) is 5.01. The molecule has 1 aromatic rings. The fourth-order valence-corrected chi connectivity index (χ4v) is 2.98. The van der Waals surface area contributed by atoms with E-state index in [1.54, 1.807) is 0 Å². The molecular formula is C18H24O. The predicted molar refractivity (Wildman–Crippen MR) is 81.2 cm³/mol. The highest BCUT2D eigenvalue weighted by molar-refractivity contribution is 5.41. The number of allylic oxidation sites excluding steroid dienone is 4. The first-order valence-electron chi connectivity index (χ1n) is 7.14. The summed E-state index contributed by atoms with van der Waals surface area (Å²) in [6.07, 6.45) is 5.12. The highest BCUT2D eigenvalue weighted by Crippen LogP contribution is 2.43. The normalized spacial score (nSPS) is 23.5. The molecule has 0 bridgehead atoms. The second-order valence-corrected chi connectivity index (χ2v) is 6.13. The van der Waals surface area contributed by atoms with Gasteiger partial charge in [0.15, 0.2) is 0 Å². The summed E-state index contributed by atoms with van der Waals surface area (Å²) in [5, 5.41) is 10.4. The summed E-state index contributed by atoms with van der Waals surface area (Å²) in [6, 6.07) is 10.5. The van der Waals surface area contributed by atoms with E-state index in [2.05, 4.69) is 64.1 Å². The van der Waals surface area contributed by atoms with Gasteiger partial charge in [-0.3, -0.25) is 0 Å². The lowest BCUT2D eigenvalue weighted by molar-refractivity contribution is 0.289. The van der Waals surface area contributed by atoms with E-state index in [1.807, 2.05) is 6.07 Å². The Kier molecular flexibility index (Phi) is 3.84. The molecule has 0 spiro atoms. The standard InChI is InChI=1S/C18H24O/c1-13(2)16-10-11-18(14(3)4,12-17(16)19)15-8-6-5-7-9-15/h5-11,13-14,19H,12H2,1-4H3. The van der Waals surface area contributed by atoms with Crippen LogP contribution < -0.4 is 0 Å². The first-order valence-corrected chi connectivity index (χ1v) is 7.14. The van der Waals surface area contributed by atoms with Crippen LogP contribution in [0.1, 0.15) is 39.7 Å². The summed E-state index contributed by atoms with van der Waals surface area (Å²) in [5.41, 5.74) is 2.28. The van der Waals surface area contributed by atoms with E-state index in [0.717, 1.165) is 5.57 Å². The summed E-state index contributed by atoms with van der Waals surface area (Å²) < 4.78 is 0. The molecule has 0 aromatic heterocycles. The molecule has 0 amide bonds. The molecule has 1 atom stereocenters. The van der Waals surface area contributed by atoms with E-state index < -0.39 is 0 Å². The van der Waals surface area contributed by atoms with Gasteiger partial charge < -0.3 is 5.11 Å². The first kappa shape index (κ1) is 13.9. The third kappa shape index (κ3) is 2.47. The Balaban J connectivity index is 2.45. The van der Waals surface area contributed by atoms with Crippen LogP contribution in [0.25, 0.3) is 0 Å². The minimum Gasteiger partial charge on any atom is -0.512 e. The Hall–Kier alpha value is -1.50. The Morgan fingerprint density at radius 1 is 1.05 bits per heavy atom. The number of aliphatic hydroxyl groups is 1. The SMILES string of the molecule is CC(C)C1=C(O)CC(c2ccccc2)(C(C)C)C=C1. The van der Waals surface area contributed by atoms with Crippen molar-refractivity contribution in [3.05, 3.63) is 59.4 Å². The fourth-order valence-electron chi connectivity index (χ4n) is 2.98. The molecule has 1 heteroatoms. The Labute approximate surface area is 116 Å². The molecule has 1 unspecified atom stereocenters. The maximum absolute atomic E-state index is 10.4.